The average molecular weight is 282 g/mol. The van der Waals surface area contributed by atoms with Crippen LogP contribution in [0.25, 0.3) is 11.0 Å². The Balaban J connectivity index is 2.68. The monoisotopic (exact) mass is 281 g/mol. The van der Waals surface area contributed by atoms with Gasteiger partial charge in [0.25, 0.3) is 0 Å². The molecule has 2 rings (SSSR count). The zero-order valence-electron chi connectivity index (χ0n) is 9.92. The van der Waals surface area contributed by atoms with Gasteiger partial charge < -0.3 is 4.57 Å². The summed E-state index contributed by atoms with van der Waals surface area (Å²) in [6.45, 7) is 7.26. The van der Waals surface area contributed by atoms with Gasteiger partial charge in [0.05, 0.1) is 11.1 Å². The Morgan fingerprint density at radius 3 is 2.69 bits per heavy atom. The lowest BCUT2D eigenvalue weighted by Gasteiger charge is -2.04. The molecule has 0 spiro atoms. The van der Waals surface area contributed by atoms with Crippen LogP contribution in [0.5, 0.6) is 0 Å². The topological polar surface area (TPSA) is 30.7 Å². The Morgan fingerprint density at radius 2 is 2.06 bits per heavy atom. The summed E-state index contributed by atoms with van der Waals surface area (Å²) in [6.07, 6.45) is 4.12. The van der Waals surface area contributed by atoms with Crippen LogP contribution in [0.2, 0.25) is 0 Å². The lowest BCUT2D eigenvalue weighted by Crippen LogP contribution is -2.01. The molecule has 0 atom stereocenters. The summed E-state index contributed by atoms with van der Waals surface area (Å²) in [6, 6.07) is 0. The fourth-order valence-corrected chi connectivity index (χ4v) is 2.65. The molecule has 0 N–H and O–H groups in total. The molecule has 2 aromatic rings. The van der Waals surface area contributed by atoms with Crippen molar-refractivity contribution in [2.75, 3.05) is 0 Å². The molecule has 0 aliphatic carbocycles. The molecular weight excluding hydrogens is 266 g/mol. The van der Waals surface area contributed by atoms with E-state index in [-0.39, 0.29) is 0 Å². The van der Waals surface area contributed by atoms with E-state index in [1.165, 1.54) is 0 Å². The number of hydrogen-bond acceptors (Lipinski definition) is 2. The van der Waals surface area contributed by atoms with Crippen molar-refractivity contribution in [3.8, 4) is 0 Å². The first-order valence-corrected chi connectivity index (χ1v) is 6.48. The fourth-order valence-electron chi connectivity index (χ4n) is 1.94. The normalized spacial score (nSPS) is 11.2. The van der Waals surface area contributed by atoms with Gasteiger partial charge in [-0.05, 0) is 36.2 Å². The van der Waals surface area contributed by atoms with Crippen molar-refractivity contribution < 1.29 is 0 Å². The Kier molecular flexibility index (Phi) is 3.28. The molecular formula is C12H16BrN3. The van der Waals surface area contributed by atoms with Gasteiger partial charge in [-0.2, -0.15) is 0 Å². The van der Waals surface area contributed by atoms with Gasteiger partial charge in [0.2, 0.25) is 0 Å². The Hall–Kier alpha value is -0.900. The Bertz CT molecular complexity index is 516. The molecule has 0 saturated carbocycles. The van der Waals surface area contributed by atoms with E-state index in [1.54, 1.807) is 0 Å². The molecule has 0 bridgehead atoms. The van der Waals surface area contributed by atoms with Crippen molar-refractivity contribution in [2.45, 2.75) is 40.2 Å². The van der Waals surface area contributed by atoms with Crippen LogP contribution in [0.3, 0.4) is 0 Å². The second-order valence-electron chi connectivity index (χ2n) is 3.94. The predicted molar refractivity (Wildman–Crippen MR) is 69.6 cm³/mol. The highest BCUT2D eigenvalue weighted by atomic mass is 79.9. The summed E-state index contributed by atoms with van der Waals surface area (Å²) >= 11 is 3.57. The third-order valence-corrected chi connectivity index (χ3v) is 3.31. The minimum atomic E-state index is 0.935. The van der Waals surface area contributed by atoms with Crippen molar-refractivity contribution in [3.05, 3.63) is 22.2 Å². The van der Waals surface area contributed by atoms with Gasteiger partial charge in [-0.3, -0.25) is 0 Å². The van der Waals surface area contributed by atoms with Crippen LogP contribution >= 0.6 is 15.9 Å². The zero-order valence-corrected chi connectivity index (χ0v) is 11.5. The number of fused-ring (bicyclic) bond motifs is 1. The maximum atomic E-state index is 4.64. The maximum Gasteiger partial charge on any atom is 0.145 e. The number of nitrogens with zero attached hydrogens (tertiary/aromatic N) is 3. The number of hydrogen-bond donors (Lipinski definition) is 0. The molecule has 0 radical (unpaired) electrons. The fraction of sp³-hybridized carbons (Fsp3) is 0.500. The maximum absolute atomic E-state index is 4.64. The molecule has 4 heteroatoms. The summed E-state index contributed by atoms with van der Waals surface area (Å²) in [7, 11) is 0. The van der Waals surface area contributed by atoms with E-state index < -0.39 is 0 Å². The number of aromatic nitrogens is 3. The van der Waals surface area contributed by atoms with E-state index in [0.29, 0.717) is 0 Å². The molecule has 0 aliphatic heterocycles. The molecule has 16 heavy (non-hydrogen) atoms. The number of halogens is 1. The highest BCUT2D eigenvalue weighted by Gasteiger charge is 2.12. The summed E-state index contributed by atoms with van der Waals surface area (Å²) in [4.78, 5) is 9.18. The second-order valence-corrected chi connectivity index (χ2v) is 4.79. The predicted octanol–water partition coefficient (Wildman–Crippen LogP) is 3.47. The van der Waals surface area contributed by atoms with E-state index in [0.717, 1.165) is 46.4 Å². The summed E-state index contributed by atoms with van der Waals surface area (Å²) in [5.74, 6) is 0.952. The SMILES string of the molecule is CCCc1nc(C)c2c(Br)cn(CC)c2n1. The zero-order chi connectivity index (χ0) is 11.7. The van der Waals surface area contributed by atoms with E-state index in [2.05, 4.69) is 50.5 Å². The molecule has 2 heterocycles. The van der Waals surface area contributed by atoms with E-state index in [4.69, 9.17) is 0 Å². The second kappa shape index (κ2) is 4.53. The summed E-state index contributed by atoms with van der Waals surface area (Å²) in [5, 5.41) is 1.14. The van der Waals surface area contributed by atoms with E-state index in [1.807, 2.05) is 6.92 Å². The Labute approximate surface area is 104 Å². The molecule has 0 aliphatic rings. The molecule has 2 aromatic heterocycles. The quantitative estimate of drug-likeness (QED) is 0.863. The molecule has 0 amide bonds. The standard InChI is InChI=1S/C12H16BrN3/c1-4-6-10-14-8(3)11-9(13)7-16(5-2)12(11)15-10/h7H,4-6H2,1-3H3. The van der Waals surface area contributed by atoms with Crippen molar-refractivity contribution in [3.63, 3.8) is 0 Å². The van der Waals surface area contributed by atoms with Gasteiger partial charge >= 0.3 is 0 Å². The first-order valence-electron chi connectivity index (χ1n) is 5.69. The Morgan fingerprint density at radius 1 is 1.31 bits per heavy atom. The van der Waals surface area contributed by atoms with Crippen LogP contribution in [-0.2, 0) is 13.0 Å². The first kappa shape index (κ1) is 11.6. The smallest absolute Gasteiger partial charge is 0.145 e. The van der Waals surface area contributed by atoms with Gasteiger partial charge in [0.15, 0.2) is 0 Å². The van der Waals surface area contributed by atoms with Crippen molar-refractivity contribution in [2.24, 2.45) is 0 Å². The highest BCUT2D eigenvalue weighted by Crippen LogP contribution is 2.27. The lowest BCUT2D eigenvalue weighted by molar-refractivity contribution is 0.770. The van der Waals surface area contributed by atoms with Crippen LogP contribution < -0.4 is 0 Å². The third-order valence-electron chi connectivity index (χ3n) is 2.71. The summed E-state index contributed by atoms with van der Waals surface area (Å²) in [5.41, 5.74) is 2.11. The van der Waals surface area contributed by atoms with Crippen LogP contribution in [0.4, 0.5) is 0 Å². The van der Waals surface area contributed by atoms with Crippen molar-refractivity contribution in [1.82, 2.24) is 14.5 Å². The van der Waals surface area contributed by atoms with Crippen LogP contribution in [0.1, 0.15) is 31.8 Å². The van der Waals surface area contributed by atoms with Gasteiger partial charge in [-0.25, -0.2) is 9.97 Å². The van der Waals surface area contributed by atoms with Crippen LogP contribution in [-0.4, -0.2) is 14.5 Å². The number of rotatable bonds is 3. The minimum Gasteiger partial charge on any atom is -0.332 e. The molecule has 3 nitrogen and oxygen atoms in total. The van der Waals surface area contributed by atoms with Crippen LogP contribution in [0.15, 0.2) is 10.7 Å². The van der Waals surface area contributed by atoms with E-state index in [9.17, 15) is 0 Å². The van der Waals surface area contributed by atoms with Gasteiger partial charge in [-0.1, -0.05) is 6.92 Å². The molecule has 86 valence electrons. The highest BCUT2D eigenvalue weighted by molar-refractivity contribution is 9.10. The van der Waals surface area contributed by atoms with Crippen molar-refractivity contribution >= 4 is 27.0 Å². The largest absolute Gasteiger partial charge is 0.332 e. The van der Waals surface area contributed by atoms with Gasteiger partial charge in [0.1, 0.15) is 11.5 Å². The molecule has 0 fully saturated rings. The van der Waals surface area contributed by atoms with Gasteiger partial charge in [-0.15, -0.1) is 0 Å². The van der Waals surface area contributed by atoms with Crippen LogP contribution in [0, 0.1) is 6.92 Å². The minimum absolute atomic E-state index is 0.935. The number of aryl methyl sites for hydroxylation is 3. The average Bonchev–Trinajstić information content (AvgIpc) is 2.56. The first-order chi connectivity index (χ1) is 7.67. The lowest BCUT2D eigenvalue weighted by atomic mass is 10.2. The third kappa shape index (κ3) is 1.86. The van der Waals surface area contributed by atoms with E-state index >= 15 is 0 Å². The molecule has 0 unspecified atom stereocenters. The van der Waals surface area contributed by atoms with Crippen molar-refractivity contribution in [1.29, 1.82) is 0 Å². The molecule has 0 saturated heterocycles. The van der Waals surface area contributed by atoms with Gasteiger partial charge in [0, 0.05) is 23.6 Å². The summed E-state index contributed by atoms with van der Waals surface area (Å²) < 4.78 is 3.25. The molecule has 0 aromatic carbocycles.